The number of alkyl halides is 3. The van der Waals surface area contributed by atoms with E-state index in [4.69, 9.17) is 16.0 Å². The standard InChI is InChI=1S/C11H6ClF3N4O3/c12-8-3-6(11(13,14)15)4-16-10(8)18-17-5-7-1-2-9(22-7)19(20)21/h1-5H,(H,16,18)/b17-5+. The van der Waals surface area contributed by atoms with Gasteiger partial charge in [0, 0.05) is 6.20 Å². The molecule has 0 amide bonds. The maximum atomic E-state index is 12.4. The van der Waals surface area contributed by atoms with E-state index in [0.29, 0.717) is 12.3 Å². The third kappa shape index (κ3) is 3.73. The molecule has 0 aromatic carbocycles. The highest BCUT2D eigenvalue weighted by Gasteiger charge is 2.31. The quantitative estimate of drug-likeness (QED) is 0.522. The van der Waals surface area contributed by atoms with Gasteiger partial charge in [0.2, 0.25) is 0 Å². The van der Waals surface area contributed by atoms with Crippen LogP contribution in [-0.2, 0) is 6.18 Å². The number of rotatable bonds is 4. The fourth-order valence-corrected chi connectivity index (χ4v) is 1.55. The van der Waals surface area contributed by atoms with Crippen LogP contribution in [0.1, 0.15) is 11.3 Å². The predicted octanol–water partition coefficient (Wildman–Crippen LogP) is 3.70. The number of hydrogen-bond donors (Lipinski definition) is 1. The number of halogens is 4. The van der Waals surface area contributed by atoms with E-state index in [1.807, 2.05) is 0 Å². The molecule has 0 radical (unpaired) electrons. The Bertz CT molecular complexity index is 730. The van der Waals surface area contributed by atoms with Crippen molar-refractivity contribution in [2.24, 2.45) is 5.10 Å². The first kappa shape index (κ1) is 15.8. The lowest BCUT2D eigenvalue weighted by atomic mass is 10.3. The molecule has 0 spiro atoms. The molecule has 0 saturated heterocycles. The van der Waals surface area contributed by atoms with Crippen LogP contribution in [0.15, 0.2) is 33.9 Å². The van der Waals surface area contributed by atoms with E-state index >= 15 is 0 Å². The molecule has 2 aromatic rings. The van der Waals surface area contributed by atoms with Gasteiger partial charge in [-0.1, -0.05) is 11.6 Å². The highest BCUT2D eigenvalue weighted by Crippen LogP contribution is 2.32. The average Bonchev–Trinajstić information content (AvgIpc) is 2.88. The fourth-order valence-electron chi connectivity index (χ4n) is 1.34. The van der Waals surface area contributed by atoms with E-state index in [-0.39, 0.29) is 16.6 Å². The second kappa shape index (κ2) is 6.02. The van der Waals surface area contributed by atoms with Crippen LogP contribution in [0.25, 0.3) is 0 Å². The zero-order valence-corrected chi connectivity index (χ0v) is 11.2. The summed E-state index contributed by atoms with van der Waals surface area (Å²) >= 11 is 5.65. The van der Waals surface area contributed by atoms with Crippen LogP contribution in [0.2, 0.25) is 5.02 Å². The van der Waals surface area contributed by atoms with Crippen molar-refractivity contribution in [3.63, 3.8) is 0 Å². The van der Waals surface area contributed by atoms with Gasteiger partial charge >= 0.3 is 12.1 Å². The summed E-state index contributed by atoms with van der Waals surface area (Å²) < 4.78 is 42.1. The highest BCUT2D eigenvalue weighted by molar-refractivity contribution is 6.32. The normalized spacial score (nSPS) is 11.8. The minimum absolute atomic E-state index is 0.0715. The number of nitrogens with one attached hydrogen (secondary N) is 1. The summed E-state index contributed by atoms with van der Waals surface area (Å²) in [6.07, 6.45) is -2.87. The number of nitrogens with zero attached hydrogens (tertiary/aromatic N) is 3. The molecule has 0 unspecified atom stereocenters. The fraction of sp³-hybridized carbons (Fsp3) is 0.0909. The molecule has 0 aliphatic carbocycles. The van der Waals surface area contributed by atoms with Crippen molar-refractivity contribution in [3.8, 4) is 0 Å². The van der Waals surface area contributed by atoms with Gasteiger partial charge in [-0.3, -0.25) is 15.5 Å². The van der Waals surface area contributed by atoms with Crippen molar-refractivity contribution in [1.82, 2.24) is 4.98 Å². The van der Waals surface area contributed by atoms with Gasteiger partial charge in [0.1, 0.15) is 4.92 Å². The van der Waals surface area contributed by atoms with Crippen LogP contribution in [0.5, 0.6) is 0 Å². The van der Waals surface area contributed by atoms with Crippen molar-refractivity contribution >= 4 is 29.5 Å². The smallest absolute Gasteiger partial charge is 0.400 e. The van der Waals surface area contributed by atoms with E-state index in [1.165, 1.54) is 6.07 Å². The van der Waals surface area contributed by atoms with Crippen LogP contribution in [0, 0.1) is 10.1 Å². The van der Waals surface area contributed by atoms with Crippen molar-refractivity contribution in [2.45, 2.75) is 6.18 Å². The lowest BCUT2D eigenvalue weighted by Crippen LogP contribution is -2.06. The number of nitro groups is 1. The van der Waals surface area contributed by atoms with E-state index in [9.17, 15) is 23.3 Å². The molecule has 7 nitrogen and oxygen atoms in total. The van der Waals surface area contributed by atoms with Crippen molar-refractivity contribution in [3.05, 3.63) is 50.9 Å². The largest absolute Gasteiger partial charge is 0.433 e. The molecule has 1 N–H and O–H groups in total. The summed E-state index contributed by atoms with van der Waals surface area (Å²) in [6, 6.07) is 3.12. The molecule has 0 bridgehead atoms. The second-order valence-electron chi connectivity index (χ2n) is 3.86. The zero-order valence-electron chi connectivity index (χ0n) is 10.5. The first-order valence-corrected chi connectivity index (χ1v) is 5.91. The Morgan fingerprint density at radius 3 is 2.73 bits per heavy atom. The lowest BCUT2D eigenvalue weighted by molar-refractivity contribution is -0.402. The third-order valence-electron chi connectivity index (χ3n) is 2.32. The van der Waals surface area contributed by atoms with Crippen LogP contribution in [0.3, 0.4) is 0 Å². The van der Waals surface area contributed by atoms with Gasteiger partial charge in [0.15, 0.2) is 11.6 Å². The average molecular weight is 335 g/mol. The topological polar surface area (TPSA) is 93.6 Å². The number of aromatic nitrogens is 1. The second-order valence-corrected chi connectivity index (χ2v) is 4.26. The van der Waals surface area contributed by atoms with Crippen LogP contribution in [0.4, 0.5) is 24.9 Å². The lowest BCUT2D eigenvalue weighted by Gasteiger charge is -2.08. The van der Waals surface area contributed by atoms with Gasteiger partial charge in [0.25, 0.3) is 0 Å². The molecule has 0 aliphatic heterocycles. The molecule has 2 heterocycles. The molecule has 0 fully saturated rings. The highest BCUT2D eigenvalue weighted by atomic mass is 35.5. The Labute approximate surface area is 125 Å². The molecular weight excluding hydrogens is 329 g/mol. The Morgan fingerprint density at radius 2 is 2.18 bits per heavy atom. The predicted molar refractivity (Wildman–Crippen MR) is 70.8 cm³/mol. The van der Waals surface area contributed by atoms with Crippen LogP contribution in [-0.4, -0.2) is 16.1 Å². The SMILES string of the molecule is O=[N+]([O-])c1ccc(/C=N/Nc2ncc(C(F)(F)F)cc2Cl)o1. The summed E-state index contributed by atoms with van der Waals surface area (Å²) in [6.45, 7) is 0. The Balaban J connectivity index is 2.07. The molecule has 2 rings (SSSR count). The maximum absolute atomic E-state index is 12.4. The third-order valence-corrected chi connectivity index (χ3v) is 2.61. The molecule has 22 heavy (non-hydrogen) atoms. The van der Waals surface area contributed by atoms with Crippen molar-refractivity contribution in [2.75, 3.05) is 5.43 Å². The number of furan rings is 1. The van der Waals surface area contributed by atoms with Crippen molar-refractivity contribution < 1.29 is 22.5 Å². The summed E-state index contributed by atoms with van der Waals surface area (Å²) in [7, 11) is 0. The van der Waals surface area contributed by atoms with Crippen LogP contribution < -0.4 is 5.43 Å². The van der Waals surface area contributed by atoms with Gasteiger partial charge in [-0.25, -0.2) is 4.98 Å². The summed E-state index contributed by atoms with van der Waals surface area (Å²) in [4.78, 5) is 13.2. The Morgan fingerprint density at radius 1 is 1.45 bits per heavy atom. The Kier molecular flexibility index (Phi) is 4.31. The summed E-state index contributed by atoms with van der Waals surface area (Å²) in [5.74, 6) is -0.499. The van der Waals surface area contributed by atoms with Gasteiger partial charge in [-0.2, -0.15) is 18.3 Å². The molecular formula is C11H6ClF3N4O3. The molecule has 0 atom stereocenters. The van der Waals surface area contributed by atoms with Gasteiger partial charge < -0.3 is 4.42 Å². The molecule has 116 valence electrons. The maximum Gasteiger partial charge on any atom is 0.433 e. The monoisotopic (exact) mass is 334 g/mol. The van der Waals surface area contributed by atoms with E-state index in [2.05, 4.69) is 15.5 Å². The van der Waals surface area contributed by atoms with E-state index in [1.54, 1.807) is 0 Å². The molecule has 0 saturated carbocycles. The molecule has 11 heteroatoms. The Hall–Kier alpha value is -2.62. The summed E-state index contributed by atoms with van der Waals surface area (Å²) in [5.41, 5.74) is 1.32. The van der Waals surface area contributed by atoms with Gasteiger partial charge in [0.05, 0.1) is 22.9 Å². The van der Waals surface area contributed by atoms with Crippen molar-refractivity contribution in [1.29, 1.82) is 0 Å². The first-order valence-electron chi connectivity index (χ1n) is 5.53. The first-order chi connectivity index (χ1) is 10.3. The molecule has 0 aliphatic rings. The number of anilines is 1. The van der Waals surface area contributed by atoms with E-state index in [0.717, 1.165) is 12.3 Å². The van der Waals surface area contributed by atoms with Gasteiger partial charge in [-0.05, 0) is 12.1 Å². The minimum atomic E-state index is -4.55. The minimum Gasteiger partial charge on any atom is -0.400 e. The van der Waals surface area contributed by atoms with Crippen LogP contribution >= 0.6 is 11.6 Å². The summed E-state index contributed by atoms with van der Waals surface area (Å²) in [5, 5.41) is 13.7. The number of hydrazone groups is 1. The number of pyridine rings is 1. The number of hydrogen-bond acceptors (Lipinski definition) is 6. The van der Waals surface area contributed by atoms with Gasteiger partial charge in [-0.15, -0.1) is 0 Å². The zero-order chi connectivity index (χ0) is 16.3. The van der Waals surface area contributed by atoms with E-state index < -0.39 is 22.5 Å². The molecule has 2 aromatic heterocycles.